The average molecular weight is 886 g/mol. The van der Waals surface area contributed by atoms with Gasteiger partial charge in [0.2, 0.25) is 0 Å². The van der Waals surface area contributed by atoms with Gasteiger partial charge in [0, 0.05) is 52.2 Å². The van der Waals surface area contributed by atoms with E-state index in [4.69, 9.17) is 4.98 Å². The molecule has 1 aliphatic rings. The van der Waals surface area contributed by atoms with Gasteiger partial charge in [-0.25, -0.2) is 4.98 Å². The third kappa shape index (κ3) is 8.51. The van der Waals surface area contributed by atoms with Crippen molar-refractivity contribution >= 4 is 55.9 Å². The van der Waals surface area contributed by atoms with Crippen LogP contribution in [0.1, 0.15) is 130 Å². The van der Waals surface area contributed by atoms with Gasteiger partial charge in [0.05, 0.1) is 22.4 Å². The molecule has 0 radical (unpaired) electrons. The smallest absolute Gasteiger partial charge is 0.137 e. The normalized spacial score (nSPS) is 13.8. The van der Waals surface area contributed by atoms with Crippen molar-refractivity contribution < 1.29 is 0 Å². The lowest BCUT2D eigenvalue weighted by Gasteiger charge is -2.32. The maximum absolute atomic E-state index is 5.11. The van der Waals surface area contributed by atoms with Crippen LogP contribution in [0.15, 0.2) is 146 Å². The Bertz CT molecular complexity index is 3090. The highest BCUT2D eigenvalue weighted by atomic mass is 15.4. The fourth-order valence-electron chi connectivity index (χ4n) is 9.67. The molecule has 0 fully saturated rings. The summed E-state index contributed by atoms with van der Waals surface area (Å²) in [4.78, 5) is 12.4. The first-order valence-electron chi connectivity index (χ1n) is 24.2. The molecular weight excluding hydrogens is 815 g/mol. The molecule has 6 aromatic carbocycles. The molecule has 8 aromatic rings. The third-order valence-corrected chi connectivity index (χ3v) is 14.4. The summed E-state index contributed by atoms with van der Waals surface area (Å²) in [5, 5.41) is 2.42. The zero-order valence-corrected chi connectivity index (χ0v) is 42.8. The van der Waals surface area contributed by atoms with Gasteiger partial charge in [0.1, 0.15) is 12.5 Å². The summed E-state index contributed by atoms with van der Waals surface area (Å²) in [5.74, 6) is 0.918. The summed E-state index contributed by atoms with van der Waals surface area (Å²) < 4.78 is 2.36. The molecule has 0 atom stereocenters. The van der Waals surface area contributed by atoms with Crippen molar-refractivity contribution in [3.8, 4) is 5.82 Å². The van der Waals surface area contributed by atoms with Crippen molar-refractivity contribution in [2.45, 2.75) is 124 Å². The van der Waals surface area contributed by atoms with E-state index in [-0.39, 0.29) is 27.1 Å². The van der Waals surface area contributed by atoms with E-state index in [2.05, 4.69) is 263 Å². The lowest BCUT2D eigenvalue weighted by molar-refractivity contribution is 0.557. The number of fused-ring (bicyclic) bond motifs is 4. The Labute approximate surface area is 401 Å². The van der Waals surface area contributed by atoms with Crippen LogP contribution in [-0.4, -0.2) is 23.3 Å². The minimum absolute atomic E-state index is 0.0264. The molecule has 0 saturated carbocycles. The Balaban J connectivity index is 1.09. The quantitative estimate of drug-likeness (QED) is 0.159. The van der Waals surface area contributed by atoms with Gasteiger partial charge in [0.25, 0.3) is 0 Å². The molecule has 344 valence electrons. The Morgan fingerprint density at radius 3 is 1.52 bits per heavy atom. The second kappa shape index (κ2) is 16.2. The molecule has 0 saturated heterocycles. The number of anilines is 6. The van der Waals surface area contributed by atoms with E-state index in [0.29, 0.717) is 0 Å². The zero-order chi connectivity index (χ0) is 48.0. The molecule has 5 heteroatoms. The van der Waals surface area contributed by atoms with Crippen molar-refractivity contribution in [2.24, 2.45) is 0 Å². The molecule has 5 nitrogen and oxygen atoms in total. The van der Waals surface area contributed by atoms with Crippen molar-refractivity contribution in [2.75, 3.05) is 28.4 Å². The maximum Gasteiger partial charge on any atom is 0.137 e. The minimum Gasteiger partial charge on any atom is -0.344 e. The predicted octanol–water partition coefficient (Wildman–Crippen LogP) is 16.7. The first kappa shape index (κ1) is 45.8. The van der Waals surface area contributed by atoms with Crippen molar-refractivity contribution in [1.29, 1.82) is 0 Å². The number of hydrogen-bond acceptors (Lipinski definition) is 4. The van der Waals surface area contributed by atoms with Crippen molar-refractivity contribution in [3.05, 3.63) is 179 Å². The van der Waals surface area contributed by atoms with E-state index < -0.39 is 0 Å². The fraction of sp³-hybridized carbons (Fsp3) is 0.339. The molecule has 0 unspecified atom stereocenters. The van der Waals surface area contributed by atoms with E-state index in [1.807, 2.05) is 6.20 Å². The number of nitrogens with zero attached hydrogens (tertiary/aromatic N) is 5. The van der Waals surface area contributed by atoms with Crippen LogP contribution < -0.4 is 14.7 Å². The van der Waals surface area contributed by atoms with E-state index in [1.54, 1.807) is 0 Å². The molecule has 3 heterocycles. The SMILES string of the molecule is CN(c1cccc(N2CN(c3cc(C(C)(C)C)cc(C(C)(C)C)c3)c3ccccc32)c1)c1ccc2c3ccccc3n(-c3cc(C(C)(C)c4cc(C(C)(C)C)cc(C(C)(C)C)c4)ccn3)c2c1. The zero-order valence-electron chi connectivity index (χ0n) is 42.8. The Kier molecular flexibility index (Phi) is 11.1. The van der Waals surface area contributed by atoms with Gasteiger partial charge in [-0.3, -0.25) is 4.57 Å². The van der Waals surface area contributed by atoms with Crippen LogP contribution in [0.5, 0.6) is 0 Å². The van der Waals surface area contributed by atoms with Crippen molar-refractivity contribution in [1.82, 2.24) is 9.55 Å². The van der Waals surface area contributed by atoms with Gasteiger partial charge in [0.15, 0.2) is 0 Å². The van der Waals surface area contributed by atoms with Gasteiger partial charge >= 0.3 is 0 Å². The molecule has 67 heavy (non-hydrogen) atoms. The number of benzene rings is 6. The highest BCUT2D eigenvalue weighted by molar-refractivity contribution is 6.10. The van der Waals surface area contributed by atoms with E-state index in [0.717, 1.165) is 40.6 Å². The van der Waals surface area contributed by atoms with E-state index in [1.165, 1.54) is 61.2 Å². The number of para-hydroxylation sites is 3. The Hall–Kier alpha value is -6.33. The second-order valence-corrected chi connectivity index (χ2v) is 23.7. The molecule has 0 bridgehead atoms. The maximum atomic E-state index is 5.11. The predicted molar refractivity (Wildman–Crippen MR) is 288 cm³/mol. The van der Waals surface area contributed by atoms with Crippen LogP contribution in [0.25, 0.3) is 27.6 Å². The summed E-state index contributed by atoms with van der Waals surface area (Å²) in [6, 6.07) is 52.4. The number of aromatic nitrogens is 2. The highest BCUT2D eigenvalue weighted by Gasteiger charge is 2.32. The van der Waals surface area contributed by atoms with Crippen LogP contribution in [0.3, 0.4) is 0 Å². The van der Waals surface area contributed by atoms with E-state index in [9.17, 15) is 0 Å². The number of pyridine rings is 1. The van der Waals surface area contributed by atoms with E-state index >= 15 is 0 Å². The highest BCUT2D eigenvalue weighted by Crippen LogP contribution is 2.47. The lowest BCUT2D eigenvalue weighted by Crippen LogP contribution is -2.25. The molecule has 0 N–H and O–H groups in total. The van der Waals surface area contributed by atoms with Crippen LogP contribution in [0.2, 0.25) is 0 Å². The van der Waals surface area contributed by atoms with Crippen LogP contribution in [-0.2, 0) is 27.1 Å². The van der Waals surface area contributed by atoms with Gasteiger partial charge in [-0.05, 0) is 128 Å². The second-order valence-electron chi connectivity index (χ2n) is 23.7. The molecule has 0 aliphatic carbocycles. The van der Waals surface area contributed by atoms with Gasteiger partial charge < -0.3 is 14.7 Å². The fourth-order valence-corrected chi connectivity index (χ4v) is 9.67. The summed E-state index contributed by atoms with van der Waals surface area (Å²) in [6.07, 6.45) is 2.00. The summed E-state index contributed by atoms with van der Waals surface area (Å²) >= 11 is 0. The van der Waals surface area contributed by atoms with Gasteiger partial charge in [-0.15, -0.1) is 0 Å². The summed E-state index contributed by atoms with van der Waals surface area (Å²) in [5.41, 5.74) is 17.2. The summed E-state index contributed by atoms with van der Waals surface area (Å²) in [6.45, 7) is 33.2. The topological polar surface area (TPSA) is 27.5 Å². The average Bonchev–Trinajstić information content (AvgIpc) is 3.83. The molecule has 9 rings (SSSR count). The molecular formula is C62H71N5. The molecule has 0 amide bonds. The summed E-state index contributed by atoms with van der Waals surface area (Å²) in [7, 11) is 2.18. The van der Waals surface area contributed by atoms with Gasteiger partial charge in [-0.1, -0.05) is 164 Å². The first-order chi connectivity index (χ1) is 31.4. The van der Waals surface area contributed by atoms with Crippen LogP contribution in [0.4, 0.5) is 34.1 Å². The molecule has 2 aromatic heterocycles. The first-order valence-corrected chi connectivity index (χ1v) is 24.2. The Morgan fingerprint density at radius 1 is 0.418 bits per heavy atom. The van der Waals surface area contributed by atoms with Crippen molar-refractivity contribution in [3.63, 3.8) is 0 Å². The minimum atomic E-state index is -0.271. The molecule has 1 aliphatic heterocycles. The van der Waals surface area contributed by atoms with Crippen LogP contribution >= 0.6 is 0 Å². The number of rotatable bonds is 7. The van der Waals surface area contributed by atoms with Crippen LogP contribution in [0, 0.1) is 0 Å². The van der Waals surface area contributed by atoms with Gasteiger partial charge in [-0.2, -0.15) is 0 Å². The third-order valence-electron chi connectivity index (χ3n) is 14.4. The monoisotopic (exact) mass is 886 g/mol. The molecule has 0 spiro atoms. The number of hydrogen-bond donors (Lipinski definition) is 0. The Morgan fingerprint density at radius 2 is 0.925 bits per heavy atom. The largest absolute Gasteiger partial charge is 0.344 e. The standard InChI is InChI=1S/C62H71N5/c1-58(2,3)42-31-43(59(4,5)6)34-46(33-42)62(13,14)41-29-30-63-57(37-41)67-53-24-17-16-23-51(53)52-28-27-48(39-56(52)67)64(15)47-21-20-22-49(38-47)65-40-66(55-26-19-18-25-54(55)65)50-35-44(60(7,8)9)32-45(36-50)61(10,11)12/h16-39H,40H2,1-15H3. The lowest BCUT2D eigenvalue weighted by atomic mass is 9.72.